The van der Waals surface area contributed by atoms with Crippen LogP contribution in [0.1, 0.15) is 24.0 Å². The van der Waals surface area contributed by atoms with Crippen LogP contribution in [-0.2, 0) is 13.0 Å². The molecule has 0 atom stereocenters. The van der Waals surface area contributed by atoms with Crippen molar-refractivity contribution in [3.05, 3.63) is 58.1 Å². The van der Waals surface area contributed by atoms with E-state index >= 15 is 0 Å². The summed E-state index contributed by atoms with van der Waals surface area (Å²) in [6, 6.07) is 15.5. The maximum absolute atomic E-state index is 3.71. The Morgan fingerprint density at radius 3 is 2.81 bits per heavy atom. The first-order chi connectivity index (χ1) is 10.3. The van der Waals surface area contributed by atoms with E-state index in [0.29, 0.717) is 0 Å². The smallest absolute Gasteiger partial charge is 0.0443 e. The molecular formula is C18H21BrN2. The molecule has 3 heteroatoms. The molecule has 0 aromatic heterocycles. The fourth-order valence-electron chi connectivity index (χ4n) is 3.00. The zero-order valence-electron chi connectivity index (χ0n) is 12.4. The van der Waals surface area contributed by atoms with E-state index in [9.17, 15) is 0 Å². The molecule has 110 valence electrons. The van der Waals surface area contributed by atoms with Crippen molar-refractivity contribution in [2.45, 2.75) is 25.8 Å². The average Bonchev–Trinajstić information content (AvgIpc) is 2.72. The van der Waals surface area contributed by atoms with Crippen LogP contribution in [0.3, 0.4) is 0 Å². The summed E-state index contributed by atoms with van der Waals surface area (Å²) < 4.78 is 1.18. The number of nitrogens with one attached hydrogen (secondary N) is 1. The fraction of sp³-hybridized carbons (Fsp3) is 0.333. The highest BCUT2D eigenvalue weighted by atomic mass is 79.9. The van der Waals surface area contributed by atoms with Gasteiger partial charge < -0.3 is 10.2 Å². The maximum atomic E-state index is 3.71. The first-order valence-electron chi connectivity index (χ1n) is 7.58. The maximum Gasteiger partial charge on any atom is 0.0443 e. The van der Waals surface area contributed by atoms with Crippen molar-refractivity contribution in [3.63, 3.8) is 0 Å². The van der Waals surface area contributed by atoms with Gasteiger partial charge in [-0.05, 0) is 55.6 Å². The SMILES string of the molecule is CNCc1ccc(N2CCCCc3ccccc32)cc1Br. The van der Waals surface area contributed by atoms with Crippen LogP contribution in [0.15, 0.2) is 46.9 Å². The quantitative estimate of drug-likeness (QED) is 0.872. The van der Waals surface area contributed by atoms with E-state index in [-0.39, 0.29) is 0 Å². The van der Waals surface area contributed by atoms with Crippen LogP contribution >= 0.6 is 15.9 Å². The number of para-hydroxylation sites is 1. The second kappa shape index (κ2) is 6.63. The Balaban J connectivity index is 1.98. The number of rotatable bonds is 3. The number of fused-ring (bicyclic) bond motifs is 1. The highest BCUT2D eigenvalue weighted by molar-refractivity contribution is 9.10. The van der Waals surface area contributed by atoms with Crippen LogP contribution in [0.4, 0.5) is 11.4 Å². The molecule has 0 fully saturated rings. The number of hydrogen-bond donors (Lipinski definition) is 1. The lowest BCUT2D eigenvalue weighted by Crippen LogP contribution is -2.18. The molecular weight excluding hydrogens is 324 g/mol. The van der Waals surface area contributed by atoms with E-state index in [4.69, 9.17) is 0 Å². The fourth-order valence-corrected chi connectivity index (χ4v) is 3.50. The Bertz CT molecular complexity index is 624. The Kier molecular flexibility index (Phi) is 4.61. The highest BCUT2D eigenvalue weighted by Gasteiger charge is 2.16. The lowest BCUT2D eigenvalue weighted by atomic mass is 10.1. The lowest BCUT2D eigenvalue weighted by molar-refractivity contribution is 0.760. The summed E-state index contributed by atoms with van der Waals surface area (Å²) in [7, 11) is 1.98. The molecule has 1 aliphatic heterocycles. The van der Waals surface area contributed by atoms with Gasteiger partial charge in [0.2, 0.25) is 0 Å². The minimum Gasteiger partial charge on any atom is -0.341 e. The van der Waals surface area contributed by atoms with Crippen molar-refractivity contribution in [3.8, 4) is 0 Å². The molecule has 21 heavy (non-hydrogen) atoms. The molecule has 2 aromatic rings. The summed E-state index contributed by atoms with van der Waals surface area (Å²) in [5.74, 6) is 0. The van der Waals surface area contributed by atoms with Crippen molar-refractivity contribution >= 4 is 27.3 Å². The molecule has 2 aromatic carbocycles. The molecule has 2 nitrogen and oxygen atoms in total. The standard InChI is InChI=1S/C18H21BrN2/c1-20-13-15-9-10-16(12-17(15)19)21-11-5-4-7-14-6-2-3-8-18(14)21/h2-3,6,8-10,12,20H,4-5,7,11,13H2,1H3. The van der Waals surface area contributed by atoms with Gasteiger partial charge in [-0.3, -0.25) is 0 Å². The van der Waals surface area contributed by atoms with Gasteiger partial charge in [0, 0.05) is 28.9 Å². The summed E-state index contributed by atoms with van der Waals surface area (Å²) in [5.41, 5.74) is 5.40. The van der Waals surface area contributed by atoms with Crippen LogP contribution in [-0.4, -0.2) is 13.6 Å². The van der Waals surface area contributed by atoms with Gasteiger partial charge in [0.1, 0.15) is 0 Å². The third kappa shape index (κ3) is 3.14. The van der Waals surface area contributed by atoms with Gasteiger partial charge in [-0.15, -0.1) is 0 Å². The molecule has 0 spiro atoms. The lowest BCUT2D eigenvalue weighted by Gasteiger charge is -2.25. The Morgan fingerprint density at radius 2 is 2.00 bits per heavy atom. The summed E-state index contributed by atoms with van der Waals surface area (Å²) in [6.07, 6.45) is 3.70. The molecule has 0 saturated carbocycles. The van der Waals surface area contributed by atoms with Crippen molar-refractivity contribution in [1.29, 1.82) is 0 Å². The molecule has 0 unspecified atom stereocenters. The first kappa shape index (κ1) is 14.6. The predicted octanol–water partition coefficient (Wildman–Crippen LogP) is 4.64. The Morgan fingerprint density at radius 1 is 1.14 bits per heavy atom. The van der Waals surface area contributed by atoms with Crippen molar-refractivity contribution in [2.24, 2.45) is 0 Å². The average molecular weight is 345 g/mol. The van der Waals surface area contributed by atoms with Crippen LogP contribution in [0.5, 0.6) is 0 Å². The van der Waals surface area contributed by atoms with Gasteiger partial charge in [-0.1, -0.05) is 40.2 Å². The van der Waals surface area contributed by atoms with Gasteiger partial charge in [-0.2, -0.15) is 0 Å². The second-order valence-corrected chi connectivity index (χ2v) is 6.40. The van der Waals surface area contributed by atoms with Gasteiger partial charge in [-0.25, -0.2) is 0 Å². The normalized spacial score (nSPS) is 14.7. The molecule has 0 aliphatic carbocycles. The zero-order chi connectivity index (χ0) is 14.7. The predicted molar refractivity (Wildman–Crippen MR) is 93.3 cm³/mol. The van der Waals surface area contributed by atoms with Gasteiger partial charge in [0.25, 0.3) is 0 Å². The number of anilines is 2. The summed E-state index contributed by atoms with van der Waals surface area (Å²) in [4.78, 5) is 2.45. The van der Waals surface area contributed by atoms with Crippen molar-refractivity contribution in [2.75, 3.05) is 18.5 Å². The third-order valence-corrected chi connectivity index (χ3v) is 4.81. The van der Waals surface area contributed by atoms with E-state index in [1.165, 1.54) is 46.2 Å². The first-order valence-corrected chi connectivity index (χ1v) is 8.37. The van der Waals surface area contributed by atoms with Gasteiger partial charge >= 0.3 is 0 Å². The number of benzene rings is 2. The minimum atomic E-state index is 0.886. The molecule has 0 bridgehead atoms. The van der Waals surface area contributed by atoms with Gasteiger partial charge in [0.05, 0.1) is 0 Å². The van der Waals surface area contributed by atoms with Crippen molar-refractivity contribution < 1.29 is 0 Å². The molecule has 0 radical (unpaired) electrons. The third-order valence-electron chi connectivity index (χ3n) is 4.08. The largest absolute Gasteiger partial charge is 0.341 e. The van der Waals surface area contributed by atoms with Crippen LogP contribution in [0, 0.1) is 0 Å². The number of nitrogens with zero attached hydrogens (tertiary/aromatic N) is 1. The minimum absolute atomic E-state index is 0.886. The molecule has 3 rings (SSSR count). The topological polar surface area (TPSA) is 15.3 Å². The van der Waals surface area contributed by atoms with E-state index in [1.54, 1.807) is 0 Å². The van der Waals surface area contributed by atoms with E-state index in [2.05, 4.69) is 68.6 Å². The molecule has 1 heterocycles. The zero-order valence-corrected chi connectivity index (χ0v) is 14.0. The van der Waals surface area contributed by atoms with Crippen molar-refractivity contribution in [1.82, 2.24) is 5.32 Å². The highest BCUT2D eigenvalue weighted by Crippen LogP contribution is 2.34. The summed E-state index contributed by atoms with van der Waals surface area (Å²) in [5, 5.41) is 3.21. The monoisotopic (exact) mass is 344 g/mol. The van der Waals surface area contributed by atoms with Crippen LogP contribution < -0.4 is 10.2 Å². The molecule has 0 saturated heterocycles. The van der Waals surface area contributed by atoms with Crippen LogP contribution in [0.2, 0.25) is 0 Å². The number of hydrogen-bond acceptors (Lipinski definition) is 2. The second-order valence-electron chi connectivity index (χ2n) is 5.54. The summed E-state index contributed by atoms with van der Waals surface area (Å²) >= 11 is 3.71. The van der Waals surface area contributed by atoms with E-state index < -0.39 is 0 Å². The van der Waals surface area contributed by atoms with Crippen LogP contribution in [0.25, 0.3) is 0 Å². The molecule has 1 N–H and O–H groups in total. The van der Waals surface area contributed by atoms with E-state index in [0.717, 1.165) is 13.1 Å². The molecule has 0 amide bonds. The summed E-state index contributed by atoms with van der Waals surface area (Å²) in [6.45, 7) is 1.98. The Hall–Kier alpha value is -1.32. The molecule has 1 aliphatic rings. The van der Waals surface area contributed by atoms with E-state index in [1.807, 2.05) is 7.05 Å². The van der Waals surface area contributed by atoms with Gasteiger partial charge in [0.15, 0.2) is 0 Å². The number of halogens is 1. The number of aryl methyl sites for hydroxylation is 1. The Labute approximate surface area is 135 Å².